The second-order valence-electron chi connectivity index (χ2n) is 4.65. The van der Waals surface area contributed by atoms with E-state index in [1.54, 1.807) is 0 Å². The van der Waals surface area contributed by atoms with Gasteiger partial charge in [0.25, 0.3) is 0 Å². The van der Waals surface area contributed by atoms with E-state index in [0.717, 1.165) is 18.8 Å². The molecule has 2 N–H and O–H groups in total. The summed E-state index contributed by atoms with van der Waals surface area (Å²) in [7, 11) is 1.99. The van der Waals surface area contributed by atoms with Gasteiger partial charge in [0.1, 0.15) is 5.82 Å². The maximum absolute atomic E-state index is 5.81. The highest BCUT2D eigenvalue weighted by molar-refractivity contribution is 5.50. The highest BCUT2D eigenvalue weighted by atomic mass is 15.4. The van der Waals surface area contributed by atoms with E-state index in [1.807, 2.05) is 18.7 Å². The summed E-state index contributed by atoms with van der Waals surface area (Å²) in [6.07, 6.45) is 0. The summed E-state index contributed by atoms with van der Waals surface area (Å²) >= 11 is 0. The Balaban J connectivity index is 3.08. The van der Waals surface area contributed by atoms with Crippen LogP contribution in [0, 0.1) is 12.8 Å². The van der Waals surface area contributed by atoms with Gasteiger partial charge < -0.3 is 10.6 Å². The lowest BCUT2D eigenvalue weighted by Gasteiger charge is -2.26. The average Bonchev–Trinajstić information content (AvgIpc) is 2.49. The number of rotatable bonds is 5. The standard InChI is InChI=1S/C12H24N4/c1-6-16(8-9(2)3)12-11(7-13)10(4)14-15(12)5/h9H,6-8,13H2,1-5H3. The molecule has 1 aromatic heterocycles. The second kappa shape index (κ2) is 5.34. The smallest absolute Gasteiger partial charge is 0.131 e. The molecule has 4 heteroatoms. The minimum Gasteiger partial charge on any atom is -0.357 e. The zero-order valence-corrected chi connectivity index (χ0v) is 11.1. The number of hydrogen-bond donors (Lipinski definition) is 1. The third-order valence-corrected chi connectivity index (χ3v) is 2.78. The van der Waals surface area contributed by atoms with Crippen LogP contribution in [0.3, 0.4) is 0 Å². The zero-order valence-electron chi connectivity index (χ0n) is 11.1. The molecule has 1 heterocycles. The Bertz CT molecular complexity index is 341. The van der Waals surface area contributed by atoms with Crippen molar-refractivity contribution < 1.29 is 0 Å². The summed E-state index contributed by atoms with van der Waals surface area (Å²) in [5.74, 6) is 1.82. The van der Waals surface area contributed by atoms with Gasteiger partial charge in [-0.05, 0) is 19.8 Å². The van der Waals surface area contributed by atoms with E-state index >= 15 is 0 Å². The number of aromatic nitrogens is 2. The van der Waals surface area contributed by atoms with Crippen molar-refractivity contribution in [2.24, 2.45) is 18.7 Å². The Morgan fingerprint density at radius 1 is 1.44 bits per heavy atom. The maximum Gasteiger partial charge on any atom is 0.131 e. The van der Waals surface area contributed by atoms with Gasteiger partial charge in [-0.3, -0.25) is 4.68 Å². The predicted octanol–water partition coefficient (Wildman–Crippen LogP) is 1.67. The number of aryl methyl sites for hydroxylation is 2. The fourth-order valence-electron chi connectivity index (χ4n) is 2.13. The third kappa shape index (κ3) is 2.55. The summed E-state index contributed by atoms with van der Waals surface area (Å²) in [5, 5.41) is 4.45. The topological polar surface area (TPSA) is 47.1 Å². The molecule has 0 saturated carbocycles. The molecule has 0 aromatic carbocycles. The molecule has 0 unspecified atom stereocenters. The maximum atomic E-state index is 5.81. The first kappa shape index (κ1) is 13.0. The second-order valence-corrected chi connectivity index (χ2v) is 4.65. The Kier molecular flexibility index (Phi) is 4.35. The molecule has 0 aliphatic carbocycles. The van der Waals surface area contributed by atoms with E-state index in [-0.39, 0.29) is 0 Å². The first-order chi connectivity index (χ1) is 7.51. The normalized spacial score (nSPS) is 11.2. The number of anilines is 1. The average molecular weight is 224 g/mol. The van der Waals surface area contributed by atoms with Gasteiger partial charge in [-0.25, -0.2) is 0 Å². The largest absolute Gasteiger partial charge is 0.357 e. The molecule has 0 aliphatic heterocycles. The lowest BCUT2D eigenvalue weighted by Crippen LogP contribution is -2.30. The fraction of sp³-hybridized carbons (Fsp3) is 0.750. The van der Waals surface area contributed by atoms with Crippen LogP contribution in [0.15, 0.2) is 0 Å². The van der Waals surface area contributed by atoms with Gasteiger partial charge in [0, 0.05) is 32.2 Å². The molecule has 1 rings (SSSR count). The lowest BCUT2D eigenvalue weighted by atomic mass is 10.2. The van der Waals surface area contributed by atoms with Gasteiger partial charge in [0.15, 0.2) is 0 Å². The SMILES string of the molecule is CCN(CC(C)C)c1c(CN)c(C)nn1C. The molecule has 1 aromatic rings. The highest BCUT2D eigenvalue weighted by Gasteiger charge is 2.17. The molecule has 92 valence electrons. The van der Waals surface area contributed by atoms with Crippen LogP contribution in [-0.4, -0.2) is 22.9 Å². The third-order valence-electron chi connectivity index (χ3n) is 2.78. The molecular weight excluding hydrogens is 200 g/mol. The summed E-state index contributed by atoms with van der Waals surface area (Å²) in [5.41, 5.74) is 8.02. The molecule has 0 bridgehead atoms. The highest BCUT2D eigenvalue weighted by Crippen LogP contribution is 2.23. The fourth-order valence-corrected chi connectivity index (χ4v) is 2.13. The molecule has 0 aliphatic rings. The quantitative estimate of drug-likeness (QED) is 0.827. The van der Waals surface area contributed by atoms with Crippen LogP contribution in [-0.2, 0) is 13.6 Å². The molecule has 0 spiro atoms. The monoisotopic (exact) mass is 224 g/mol. The number of nitrogens with zero attached hydrogens (tertiary/aromatic N) is 3. The van der Waals surface area contributed by atoms with Crippen molar-refractivity contribution in [1.29, 1.82) is 0 Å². The van der Waals surface area contributed by atoms with Crippen molar-refractivity contribution in [3.63, 3.8) is 0 Å². The van der Waals surface area contributed by atoms with Crippen molar-refractivity contribution in [2.75, 3.05) is 18.0 Å². The van der Waals surface area contributed by atoms with Gasteiger partial charge >= 0.3 is 0 Å². The molecule has 0 amide bonds. The Morgan fingerprint density at radius 2 is 2.06 bits per heavy atom. The van der Waals surface area contributed by atoms with E-state index in [2.05, 4.69) is 30.8 Å². The van der Waals surface area contributed by atoms with E-state index in [9.17, 15) is 0 Å². The molecule has 0 radical (unpaired) electrons. The van der Waals surface area contributed by atoms with Crippen LogP contribution < -0.4 is 10.6 Å². The van der Waals surface area contributed by atoms with Crippen molar-refractivity contribution in [3.05, 3.63) is 11.3 Å². The summed E-state index contributed by atoms with van der Waals surface area (Å²) in [4.78, 5) is 2.35. The van der Waals surface area contributed by atoms with Crippen LogP contribution in [0.4, 0.5) is 5.82 Å². The van der Waals surface area contributed by atoms with E-state index in [1.165, 1.54) is 11.4 Å². The van der Waals surface area contributed by atoms with E-state index in [4.69, 9.17) is 5.73 Å². The minimum absolute atomic E-state index is 0.559. The first-order valence-electron chi connectivity index (χ1n) is 5.98. The van der Waals surface area contributed by atoms with Gasteiger partial charge in [0.2, 0.25) is 0 Å². The number of nitrogens with two attached hydrogens (primary N) is 1. The van der Waals surface area contributed by atoms with Crippen LogP contribution in [0.1, 0.15) is 32.0 Å². The van der Waals surface area contributed by atoms with Crippen molar-refractivity contribution in [2.45, 2.75) is 34.2 Å². The van der Waals surface area contributed by atoms with Gasteiger partial charge in [-0.2, -0.15) is 5.10 Å². The Hall–Kier alpha value is -1.03. The first-order valence-corrected chi connectivity index (χ1v) is 5.98. The van der Waals surface area contributed by atoms with Crippen molar-refractivity contribution in [1.82, 2.24) is 9.78 Å². The Morgan fingerprint density at radius 3 is 2.50 bits per heavy atom. The van der Waals surface area contributed by atoms with Crippen LogP contribution in [0.25, 0.3) is 0 Å². The molecule has 4 nitrogen and oxygen atoms in total. The van der Waals surface area contributed by atoms with Crippen LogP contribution in [0.2, 0.25) is 0 Å². The molecular formula is C12H24N4. The van der Waals surface area contributed by atoms with Gasteiger partial charge in [-0.1, -0.05) is 13.8 Å². The molecule has 0 fully saturated rings. The zero-order chi connectivity index (χ0) is 12.3. The van der Waals surface area contributed by atoms with Crippen molar-refractivity contribution in [3.8, 4) is 0 Å². The predicted molar refractivity (Wildman–Crippen MR) is 68.6 cm³/mol. The summed E-state index contributed by atoms with van der Waals surface area (Å²) in [6.45, 7) is 11.2. The number of hydrogen-bond acceptors (Lipinski definition) is 3. The Labute approximate surface area is 98.4 Å². The summed E-state index contributed by atoms with van der Waals surface area (Å²) in [6, 6.07) is 0. The lowest BCUT2D eigenvalue weighted by molar-refractivity contribution is 0.598. The van der Waals surface area contributed by atoms with Crippen LogP contribution in [0.5, 0.6) is 0 Å². The minimum atomic E-state index is 0.559. The molecule has 0 saturated heterocycles. The van der Waals surface area contributed by atoms with Crippen molar-refractivity contribution >= 4 is 5.82 Å². The molecule has 16 heavy (non-hydrogen) atoms. The van der Waals surface area contributed by atoms with Gasteiger partial charge in [-0.15, -0.1) is 0 Å². The van der Waals surface area contributed by atoms with Crippen LogP contribution >= 0.6 is 0 Å². The summed E-state index contributed by atoms with van der Waals surface area (Å²) < 4.78 is 1.95. The van der Waals surface area contributed by atoms with E-state index < -0.39 is 0 Å². The molecule has 0 atom stereocenters. The van der Waals surface area contributed by atoms with Gasteiger partial charge in [0.05, 0.1) is 5.69 Å². The van der Waals surface area contributed by atoms with E-state index in [0.29, 0.717) is 12.5 Å².